The molecule has 9 heteroatoms. The number of benzene rings is 2. The van der Waals surface area contributed by atoms with Crippen molar-refractivity contribution in [2.75, 3.05) is 14.2 Å². The highest BCUT2D eigenvalue weighted by Crippen LogP contribution is 2.34. The van der Waals surface area contributed by atoms with Gasteiger partial charge in [-0.25, -0.2) is 4.68 Å². The molecule has 0 unspecified atom stereocenters. The highest BCUT2D eigenvalue weighted by molar-refractivity contribution is 6.42. The lowest BCUT2D eigenvalue weighted by atomic mass is 10.1. The monoisotopic (exact) mass is 471 g/mol. The van der Waals surface area contributed by atoms with Crippen molar-refractivity contribution in [2.45, 2.75) is 6.54 Å². The van der Waals surface area contributed by atoms with Gasteiger partial charge < -0.3 is 19.2 Å². The van der Waals surface area contributed by atoms with E-state index in [-0.39, 0.29) is 12.5 Å². The van der Waals surface area contributed by atoms with Crippen LogP contribution in [0.4, 0.5) is 0 Å². The summed E-state index contributed by atoms with van der Waals surface area (Å²) in [5, 5.41) is 8.26. The lowest BCUT2D eigenvalue weighted by Crippen LogP contribution is -2.25. The molecule has 4 aromatic rings. The van der Waals surface area contributed by atoms with Gasteiger partial charge in [-0.15, -0.1) is 0 Å². The highest BCUT2D eigenvalue weighted by Gasteiger charge is 2.20. The van der Waals surface area contributed by atoms with E-state index >= 15 is 0 Å². The van der Waals surface area contributed by atoms with Gasteiger partial charge in [-0.1, -0.05) is 23.2 Å². The lowest BCUT2D eigenvalue weighted by molar-refractivity contribution is 0.0940. The average molecular weight is 472 g/mol. The molecule has 2 aromatic carbocycles. The molecule has 1 N–H and O–H groups in total. The topological polar surface area (TPSA) is 78.5 Å². The van der Waals surface area contributed by atoms with Crippen molar-refractivity contribution >= 4 is 29.1 Å². The molecule has 2 heterocycles. The second-order valence-corrected chi connectivity index (χ2v) is 7.57. The Bertz CT molecular complexity index is 1250. The molecule has 7 nitrogen and oxygen atoms in total. The first-order valence-corrected chi connectivity index (χ1v) is 10.3. The molecule has 0 aliphatic rings. The van der Waals surface area contributed by atoms with Gasteiger partial charge in [0.2, 0.25) is 0 Å². The summed E-state index contributed by atoms with van der Waals surface area (Å²) in [5.74, 6) is 1.51. The number of ether oxygens (including phenoxy) is 2. The maximum atomic E-state index is 13.1. The molecule has 164 valence electrons. The van der Waals surface area contributed by atoms with E-state index in [9.17, 15) is 4.79 Å². The molecule has 0 aliphatic carbocycles. The number of methoxy groups -OCH3 is 2. The van der Waals surface area contributed by atoms with Crippen molar-refractivity contribution in [3.8, 4) is 28.4 Å². The number of nitrogens with one attached hydrogen (secondary N) is 1. The van der Waals surface area contributed by atoms with E-state index in [0.29, 0.717) is 49.9 Å². The minimum Gasteiger partial charge on any atom is -0.497 e. The van der Waals surface area contributed by atoms with Crippen molar-refractivity contribution in [1.82, 2.24) is 15.1 Å². The van der Waals surface area contributed by atoms with E-state index < -0.39 is 0 Å². The Morgan fingerprint density at radius 1 is 1.06 bits per heavy atom. The van der Waals surface area contributed by atoms with Crippen molar-refractivity contribution in [1.29, 1.82) is 0 Å². The average Bonchev–Trinajstić information content (AvgIpc) is 3.49. The van der Waals surface area contributed by atoms with Gasteiger partial charge in [-0.3, -0.25) is 4.79 Å². The summed E-state index contributed by atoms with van der Waals surface area (Å²) in [6, 6.07) is 15.6. The summed E-state index contributed by atoms with van der Waals surface area (Å²) in [6.45, 7) is 0.236. The normalized spacial score (nSPS) is 10.8. The zero-order valence-corrected chi connectivity index (χ0v) is 18.8. The summed E-state index contributed by atoms with van der Waals surface area (Å²) in [6.07, 6.45) is 1.55. The predicted octanol–water partition coefficient (Wildman–Crippen LogP) is 5.39. The van der Waals surface area contributed by atoms with E-state index in [4.69, 9.17) is 37.1 Å². The minimum atomic E-state index is -0.335. The molecule has 32 heavy (non-hydrogen) atoms. The number of halogens is 2. The first-order chi connectivity index (χ1) is 15.5. The maximum absolute atomic E-state index is 13.1. The van der Waals surface area contributed by atoms with Crippen LogP contribution in [0.1, 0.15) is 16.2 Å². The highest BCUT2D eigenvalue weighted by atomic mass is 35.5. The fraction of sp³-hybridized carbons (Fsp3) is 0.130. The van der Waals surface area contributed by atoms with Crippen LogP contribution in [0, 0.1) is 0 Å². The van der Waals surface area contributed by atoms with Gasteiger partial charge in [0.1, 0.15) is 23.0 Å². The quantitative estimate of drug-likeness (QED) is 0.391. The number of amides is 1. The number of rotatable bonds is 7. The van der Waals surface area contributed by atoms with E-state index in [0.717, 1.165) is 0 Å². The van der Waals surface area contributed by atoms with Crippen LogP contribution in [-0.4, -0.2) is 29.9 Å². The van der Waals surface area contributed by atoms with E-state index in [2.05, 4.69) is 10.4 Å². The van der Waals surface area contributed by atoms with E-state index in [1.807, 2.05) is 6.07 Å². The van der Waals surface area contributed by atoms with Gasteiger partial charge in [0.05, 0.1) is 48.5 Å². The SMILES string of the molecule is COc1ccc(-c2cc(C(=O)NCc3ccco3)n(-c3ccc(Cl)c(Cl)c3)n2)c(OC)c1. The number of hydrogen-bond acceptors (Lipinski definition) is 5. The van der Waals surface area contributed by atoms with Gasteiger partial charge in [0.25, 0.3) is 5.91 Å². The first kappa shape index (κ1) is 21.8. The molecule has 0 atom stereocenters. The predicted molar refractivity (Wildman–Crippen MR) is 122 cm³/mol. The Kier molecular flexibility index (Phi) is 6.39. The molecule has 0 aliphatic heterocycles. The van der Waals surface area contributed by atoms with E-state index in [1.54, 1.807) is 69.0 Å². The Morgan fingerprint density at radius 2 is 1.91 bits per heavy atom. The zero-order valence-electron chi connectivity index (χ0n) is 17.3. The van der Waals surface area contributed by atoms with Crippen molar-refractivity contribution in [3.63, 3.8) is 0 Å². The second kappa shape index (κ2) is 9.38. The Labute approximate surface area is 194 Å². The van der Waals surface area contributed by atoms with Crippen LogP contribution in [0.3, 0.4) is 0 Å². The Balaban J connectivity index is 1.77. The van der Waals surface area contributed by atoms with Gasteiger partial charge in [-0.05, 0) is 48.5 Å². The minimum absolute atomic E-state index is 0.236. The fourth-order valence-electron chi connectivity index (χ4n) is 3.17. The number of carbonyl (C=O) groups is 1. The third-order valence-electron chi connectivity index (χ3n) is 4.78. The number of furan rings is 1. The third kappa shape index (κ3) is 4.44. The summed E-state index contributed by atoms with van der Waals surface area (Å²) >= 11 is 12.3. The standard InChI is InChI=1S/C23H19Cl2N3O4/c1-30-15-6-7-17(22(11-15)31-2)20-12-21(23(29)26-13-16-4-3-9-32-16)28(27-20)14-5-8-18(24)19(25)10-14/h3-12H,13H2,1-2H3,(H,26,29). The molecule has 2 aromatic heterocycles. The number of aromatic nitrogens is 2. The number of nitrogens with zero attached hydrogens (tertiary/aromatic N) is 2. The molecule has 0 bridgehead atoms. The van der Waals surface area contributed by atoms with E-state index in [1.165, 1.54) is 4.68 Å². The van der Waals surface area contributed by atoms with Crippen molar-refractivity contribution in [2.24, 2.45) is 0 Å². The van der Waals surface area contributed by atoms with Crippen molar-refractivity contribution < 1.29 is 18.7 Å². The van der Waals surface area contributed by atoms with Crippen LogP contribution in [0.2, 0.25) is 10.0 Å². The maximum Gasteiger partial charge on any atom is 0.270 e. The van der Waals surface area contributed by atoms with Crippen LogP contribution in [0.25, 0.3) is 16.9 Å². The Hall–Kier alpha value is -3.42. The summed E-state index contributed by atoms with van der Waals surface area (Å²) in [5.41, 5.74) is 2.13. The molecule has 0 fully saturated rings. The summed E-state index contributed by atoms with van der Waals surface area (Å²) in [7, 11) is 3.14. The molecule has 0 saturated carbocycles. The Morgan fingerprint density at radius 3 is 2.59 bits per heavy atom. The largest absolute Gasteiger partial charge is 0.497 e. The number of hydrogen-bond donors (Lipinski definition) is 1. The molecular weight excluding hydrogens is 453 g/mol. The summed E-state index contributed by atoms with van der Waals surface area (Å²) in [4.78, 5) is 13.1. The molecule has 0 radical (unpaired) electrons. The van der Waals surface area contributed by atoms with Crippen LogP contribution in [0.15, 0.2) is 65.3 Å². The molecule has 1 amide bonds. The molecular formula is C23H19Cl2N3O4. The van der Waals surface area contributed by atoms with Crippen LogP contribution >= 0.6 is 23.2 Å². The molecule has 0 spiro atoms. The lowest BCUT2D eigenvalue weighted by Gasteiger charge is -2.09. The van der Waals surface area contributed by atoms with Gasteiger partial charge in [0.15, 0.2) is 0 Å². The smallest absolute Gasteiger partial charge is 0.270 e. The molecule has 0 saturated heterocycles. The van der Waals surface area contributed by atoms with Crippen LogP contribution in [-0.2, 0) is 6.54 Å². The zero-order chi connectivity index (χ0) is 22.7. The fourth-order valence-corrected chi connectivity index (χ4v) is 3.46. The second-order valence-electron chi connectivity index (χ2n) is 6.75. The summed E-state index contributed by atoms with van der Waals surface area (Å²) < 4.78 is 17.6. The number of carbonyl (C=O) groups excluding carboxylic acids is 1. The van der Waals surface area contributed by atoms with Gasteiger partial charge in [-0.2, -0.15) is 5.10 Å². The third-order valence-corrected chi connectivity index (χ3v) is 5.52. The molecule has 4 rings (SSSR count). The van der Waals surface area contributed by atoms with Crippen molar-refractivity contribution in [3.05, 3.63) is 82.4 Å². The first-order valence-electron chi connectivity index (χ1n) is 9.58. The van der Waals surface area contributed by atoms with Crippen LogP contribution in [0.5, 0.6) is 11.5 Å². The van der Waals surface area contributed by atoms with Crippen LogP contribution < -0.4 is 14.8 Å². The van der Waals surface area contributed by atoms with Gasteiger partial charge in [0, 0.05) is 11.6 Å². The van der Waals surface area contributed by atoms with Gasteiger partial charge >= 0.3 is 0 Å².